The van der Waals surface area contributed by atoms with Crippen LogP contribution in [0.25, 0.3) is 0 Å². The number of amides is 2. The van der Waals surface area contributed by atoms with Gasteiger partial charge in [0.25, 0.3) is 0 Å². The molecule has 0 spiro atoms. The summed E-state index contributed by atoms with van der Waals surface area (Å²) in [5, 5.41) is 11.8. The van der Waals surface area contributed by atoms with E-state index in [0.717, 1.165) is 5.56 Å². The van der Waals surface area contributed by atoms with Crippen LogP contribution in [0.2, 0.25) is 0 Å². The third-order valence-electron chi connectivity index (χ3n) is 3.26. The normalized spacial score (nSPS) is 12.1. The maximum Gasteiger partial charge on any atom is 0.326 e. The third kappa shape index (κ3) is 3.98. The van der Waals surface area contributed by atoms with Gasteiger partial charge in [0.2, 0.25) is 0 Å². The SMILES string of the molecule is CCC(C(=O)O)N(C)C(=O)Nc1cccc(C(C)C)c1. The summed E-state index contributed by atoms with van der Waals surface area (Å²) in [6, 6.07) is 6.33. The van der Waals surface area contributed by atoms with Gasteiger partial charge in [0.15, 0.2) is 0 Å². The second kappa shape index (κ2) is 6.93. The van der Waals surface area contributed by atoms with E-state index in [1.807, 2.05) is 18.2 Å². The molecule has 0 bridgehead atoms. The molecule has 0 radical (unpaired) electrons. The van der Waals surface area contributed by atoms with Crippen LogP contribution in [0.15, 0.2) is 24.3 Å². The van der Waals surface area contributed by atoms with Crippen LogP contribution in [-0.4, -0.2) is 35.1 Å². The number of likely N-dealkylation sites (N-methyl/N-ethyl adjacent to an activating group) is 1. The number of carbonyl (C=O) groups is 2. The Balaban J connectivity index is 2.80. The quantitative estimate of drug-likeness (QED) is 0.869. The lowest BCUT2D eigenvalue weighted by atomic mass is 10.0. The van der Waals surface area contributed by atoms with Crippen molar-refractivity contribution in [1.29, 1.82) is 0 Å². The second-order valence-electron chi connectivity index (χ2n) is 5.08. The Morgan fingerprint density at radius 1 is 1.35 bits per heavy atom. The molecule has 1 aromatic rings. The van der Waals surface area contributed by atoms with Crippen molar-refractivity contribution >= 4 is 17.7 Å². The van der Waals surface area contributed by atoms with E-state index in [-0.39, 0.29) is 0 Å². The standard InChI is InChI=1S/C15H22N2O3/c1-5-13(14(18)19)17(4)15(20)16-12-8-6-7-11(9-12)10(2)3/h6-10,13H,5H2,1-4H3,(H,16,20)(H,18,19). The van der Waals surface area contributed by atoms with Crippen molar-refractivity contribution in [2.45, 2.75) is 39.2 Å². The molecule has 110 valence electrons. The first-order chi connectivity index (χ1) is 9.36. The summed E-state index contributed by atoms with van der Waals surface area (Å²) in [6.07, 6.45) is 0.366. The highest BCUT2D eigenvalue weighted by Gasteiger charge is 2.24. The fourth-order valence-electron chi connectivity index (χ4n) is 1.94. The molecule has 0 heterocycles. The second-order valence-corrected chi connectivity index (χ2v) is 5.08. The predicted octanol–water partition coefficient (Wildman–Crippen LogP) is 3.14. The lowest BCUT2D eigenvalue weighted by Crippen LogP contribution is -2.44. The lowest BCUT2D eigenvalue weighted by Gasteiger charge is -2.24. The van der Waals surface area contributed by atoms with E-state index in [0.29, 0.717) is 18.0 Å². The van der Waals surface area contributed by atoms with E-state index in [4.69, 9.17) is 5.11 Å². The van der Waals surface area contributed by atoms with Crippen molar-refractivity contribution < 1.29 is 14.7 Å². The first kappa shape index (κ1) is 16.0. The maximum atomic E-state index is 12.0. The molecule has 5 heteroatoms. The topological polar surface area (TPSA) is 69.6 Å². The summed E-state index contributed by atoms with van der Waals surface area (Å²) in [7, 11) is 1.49. The fraction of sp³-hybridized carbons (Fsp3) is 0.467. The van der Waals surface area contributed by atoms with Crippen LogP contribution >= 0.6 is 0 Å². The van der Waals surface area contributed by atoms with E-state index in [9.17, 15) is 9.59 Å². The third-order valence-corrected chi connectivity index (χ3v) is 3.26. The summed E-state index contributed by atoms with van der Waals surface area (Å²) >= 11 is 0. The van der Waals surface area contributed by atoms with Gasteiger partial charge in [0, 0.05) is 12.7 Å². The molecule has 1 aromatic carbocycles. The van der Waals surface area contributed by atoms with Crippen molar-refractivity contribution in [3.8, 4) is 0 Å². The van der Waals surface area contributed by atoms with Crippen molar-refractivity contribution in [2.24, 2.45) is 0 Å². The minimum atomic E-state index is -0.999. The van der Waals surface area contributed by atoms with Gasteiger partial charge in [0.1, 0.15) is 6.04 Å². The first-order valence-electron chi connectivity index (χ1n) is 6.73. The summed E-state index contributed by atoms with van der Waals surface area (Å²) < 4.78 is 0. The molecule has 5 nitrogen and oxygen atoms in total. The number of nitrogens with one attached hydrogen (secondary N) is 1. The van der Waals surface area contributed by atoms with Gasteiger partial charge in [0.05, 0.1) is 0 Å². The minimum absolute atomic E-state index is 0.366. The number of carboxylic acid groups (broad SMARTS) is 1. The van der Waals surface area contributed by atoms with Gasteiger partial charge in [-0.3, -0.25) is 0 Å². The number of rotatable bonds is 5. The summed E-state index contributed by atoms with van der Waals surface area (Å²) in [5.74, 6) is -0.631. The molecule has 1 atom stereocenters. The van der Waals surface area contributed by atoms with E-state index in [2.05, 4.69) is 19.2 Å². The highest BCUT2D eigenvalue weighted by Crippen LogP contribution is 2.19. The number of hydrogen-bond donors (Lipinski definition) is 2. The average Bonchev–Trinajstić information content (AvgIpc) is 2.39. The van der Waals surface area contributed by atoms with Crippen molar-refractivity contribution in [2.75, 3.05) is 12.4 Å². The number of nitrogens with zero attached hydrogens (tertiary/aromatic N) is 1. The molecule has 0 fully saturated rings. The van der Waals surface area contributed by atoms with Crippen molar-refractivity contribution in [3.63, 3.8) is 0 Å². The molecular formula is C15H22N2O3. The van der Waals surface area contributed by atoms with Gasteiger partial charge >= 0.3 is 12.0 Å². The van der Waals surface area contributed by atoms with E-state index in [1.54, 1.807) is 13.0 Å². The summed E-state index contributed by atoms with van der Waals surface area (Å²) in [6.45, 7) is 5.89. The Labute approximate surface area is 119 Å². The zero-order chi connectivity index (χ0) is 15.3. The molecule has 20 heavy (non-hydrogen) atoms. The lowest BCUT2D eigenvalue weighted by molar-refractivity contribution is -0.141. The molecule has 2 N–H and O–H groups in total. The van der Waals surface area contributed by atoms with E-state index >= 15 is 0 Å². The molecule has 0 aromatic heterocycles. The number of urea groups is 1. The highest BCUT2D eigenvalue weighted by atomic mass is 16.4. The number of anilines is 1. The Morgan fingerprint density at radius 3 is 2.50 bits per heavy atom. The number of aliphatic carboxylic acids is 1. The maximum absolute atomic E-state index is 12.0. The van der Waals surface area contributed by atoms with Gasteiger partial charge in [-0.1, -0.05) is 32.9 Å². The molecule has 0 aliphatic rings. The fourth-order valence-corrected chi connectivity index (χ4v) is 1.94. The van der Waals surface area contributed by atoms with Crippen LogP contribution in [-0.2, 0) is 4.79 Å². The monoisotopic (exact) mass is 278 g/mol. The predicted molar refractivity (Wildman–Crippen MR) is 79.0 cm³/mol. The number of carboxylic acids is 1. The average molecular weight is 278 g/mol. The zero-order valence-corrected chi connectivity index (χ0v) is 12.4. The largest absolute Gasteiger partial charge is 0.480 e. The molecular weight excluding hydrogens is 256 g/mol. The number of hydrogen-bond acceptors (Lipinski definition) is 2. The van der Waals surface area contributed by atoms with Gasteiger partial charge < -0.3 is 15.3 Å². The van der Waals surface area contributed by atoms with E-state index < -0.39 is 18.0 Å². The van der Waals surface area contributed by atoms with Gasteiger partial charge in [-0.2, -0.15) is 0 Å². The van der Waals surface area contributed by atoms with Crippen LogP contribution in [0, 0.1) is 0 Å². The van der Waals surface area contributed by atoms with Crippen LogP contribution in [0.3, 0.4) is 0 Å². The van der Waals surface area contributed by atoms with Crippen LogP contribution in [0.4, 0.5) is 10.5 Å². The highest BCUT2D eigenvalue weighted by molar-refractivity contribution is 5.92. The Bertz CT molecular complexity index is 486. The Hall–Kier alpha value is -2.04. The number of benzene rings is 1. The number of carbonyl (C=O) groups excluding carboxylic acids is 1. The smallest absolute Gasteiger partial charge is 0.326 e. The minimum Gasteiger partial charge on any atom is -0.480 e. The van der Waals surface area contributed by atoms with Crippen LogP contribution in [0.5, 0.6) is 0 Å². The Kier molecular flexibility index (Phi) is 5.55. The summed E-state index contributed by atoms with van der Waals surface area (Å²) in [5.41, 5.74) is 1.80. The molecule has 0 saturated heterocycles. The first-order valence-corrected chi connectivity index (χ1v) is 6.73. The molecule has 2 amide bonds. The molecule has 0 aliphatic heterocycles. The van der Waals surface area contributed by atoms with Crippen LogP contribution < -0.4 is 5.32 Å². The Morgan fingerprint density at radius 2 is 2.00 bits per heavy atom. The molecule has 1 unspecified atom stereocenters. The molecule has 0 aliphatic carbocycles. The van der Waals surface area contributed by atoms with Crippen LogP contribution in [0.1, 0.15) is 38.7 Å². The van der Waals surface area contributed by atoms with Crippen molar-refractivity contribution in [1.82, 2.24) is 4.90 Å². The molecule has 0 saturated carbocycles. The van der Waals surface area contributed by atoms with E-state index in [1.165, 1.54) is 11.9 Å². The zero-order valence-electron chi connectivity index (χ0n) is 12.4. The van der Waals surface area contributed by atoms with Crippen molar-refractivity contribution in [3.05, 3.63) is 29.8 Å². The van der Waals surface area contributed by atoms with Gasteiger partial charge in [-0.05, 0) is 30.0 Å². The van der Waals surface area contributed by atoms with Gasteiger partial charge in [-0.25, -0.2) is 9.59 Å². The summed E-state index contributed by atoms with van der Waals surface area (Å²) in [4.78, 5) is 24.3. The van der Waals surface area contributed by atoms with Gasteiger partial charge in [-0.15, -0.1) is 0 Å². The molecule has 1 rings (SSSR count).